The van der Waals surface area contributed by atoms with Gasteiger partial charge in [-0.05, 0) is 143 Å². The van der Waals surface area contributed by atoms with E-state index in [9.17, 15) is 48.6 Å². The lowest BCUT2D eigenvalue weighted by Crippen LogP contribution is -2.61. The van der Waals surface area contributed by atoms with Crippen molar-refractivity contribution in [2.45, 2.75) is 198 Å². The van der Waals surface area contributed by atoms with Gasteiger partial charge in [0.05, 0.1) is 165 Å². The third kappa shape index (κ3) is 32.3. The number of pyridine rings is 2. The largest absolute Gasteiger partial charge is 0.481 e. The Labute approximate surface area is 832 Å². The van der Waals surface area contributed by atoms with Gasteiger partial charge in [0.1, 0.15) is 36.2 Å². The van der Waals surface area contributed by atoms with Gasteiger partial charge in [-0.1, -0.05) is 70.2 Å². The molecule has 11 rings (SSSR count). The first kappa shape index (κ1) is 113. The molecule has 4 aromatic heterocycles. The summed E-state index contributed by atoms with van der Waals surface area (Å²) in [5, 5.41) is 29.9. The fourth-order valence-corrected chi connectivity index (χ4v) is 18.5. The zero-order valence-corrected chi connectivity index (χ0v) is 84.0. The highest BCUT2D eigenvalue weighted by Gasteiger charge is 2.54. The van der Waals surface area contributed by atoms with E-state index in [1.54, 1.807) is 89.7 Å². The molecule has 40 heteroatoms. The van der Waals surface area contributed by atoms with Crippen molar-refractivity contribution >= 4 is 74.8 Å². The topological polar surface area (TPSA) is 437 Å². The number of aliphatic hydroxyl groups excluding tert-OH is 1. The molecule has 4 aliphatic heterocycles. The number of rotatable bonds is 41. The zero-order chi connectivity index (χ0) is 103. The number of alkyl halides is 3. The van der Waals surface area contributed by atoms with Gasteiger partial charge in [-0.3, -0.25) is 38.1 Å². The molecule has 0 unspecified atom stereocenters. The molecule has 786 valence electrons. The van der Waals surface area contributed by atoms with E-state index in [1.165, 1.54) is 42.6 Å². The molecule has 3 amide bonds. The summed E-state index contributed by atoms with van der Waals surface area (Å²) in [5.41, 5.74) is 10.5. The van der Waals surface area contributed by atoms with Gasteiger partial charge in [-0.15, -0.1) is 0 Å². The molecule has 0 radical (unpaired) electrons. The van der Waals surface area contributed by atoms with Gasteiger partial charge in [0.2, 0.25) is 23.5 Å². The standard InChI is InChI=1S/C103H143F3N12O25/c1-66-17-13-12-14-18-67(2)87(129-8)59-77-25-20-71(6)102(128,143-77)96(123)97(124)117-32-16-15-19-83(117)98(125)141-88(60-85(119)68(3)54-70(5)94(122)95(132-11)93(121)69(4)53-66)80(107)55-72-21-28-86(89(56-72)130-9)142-100(126)108-31-38-134-40-42-136-44-46-138-48-50-140-52-51-139-49-47-137-45-43-135-41-39-133-37-30-90(120)110-61-73-62-112-99(113-63-73)116-35-33-115(34-36-116)82-27-24-76(58-79(82)103(104,105)106)118-92-78-57-74(75-23-29-91(131-10)111-64-75)22-26-81(78)109-65-84(92)114(7)101(118)127/h12-14,17-18,22-24,26-27,29,54,57-58,62-66,68-69,71-72,77,80,83,86-89,94-95,122,128H,15-16,19-21,25,28,30-53,55-56,59-61,107H2,1-11H3,(H,108,126)(H,110,120)/b14-12+,17-13+,67-18+,70-54+/t66-,68-,69-,71-,72+,77+,80-,83+,86-,87+,88+,89-,94-,95+,102-/m1/s1. The number of imidazole rings is 1. The number of piperazine rings is 1. The van der Waals surface area contributed by atoms with E-state index in [2.05, 4.69) is 30.6 Å². The number of amides is 3. The minimum Gasteiger partial charge on any atom is -0.481 e. The molecule has 0 spiro atoms. The van der Waals surface area contributed by atoms with Gasteiger partial charge in [-0.25, -0.2) is 29.3 Å². The highest BCUT2D eigenvalue weighted by molar-refractivity contribution is 6.39. The smallest absolute Gasteiger partial charge is 0.418 e. The number of aryl methyl sites for hydroxylation is 1. The Morgan fingerprint density at radius 2 is 1.29 bits per heavy atom. The van der Waals surface area contributed by atoms with E-state index in [1.807, 2.05) is 67.3 Å². The lowest BCUT2D eigenvalue weighted by atomic mass is 9.80. The summed E-state index contributed by atoms with van der Waals surface area (Å²) in [6.07, 6.45) is 9.69. The third-order valence-electron chi connectivity index (χ3n) is 26.8. The second-order valence-corrected chi connectivity index (χ2v) is 37.1. The number of nitrogens with one attached hydrogen (secondary N) is 2. The number of piperidine rings is 1. The average molecular weight is 2010 g/mol. The van der Waals surface area contributed by atoms with Crippen LogP contribution in [0.5, 0.6) is 5.88 Å². The highest BCUT2D eigenvalue weighted by atomic mass is 19.4. The highest BCUT2D eigenvalue weighted by Crippen LogP contribution is 2.42. The van der Waals surface area contributed by atoms with Gasteiger partial charge in [-0.2, -0.15) is 13.2 Å². The Morgan fingerprint density at radius 1 is 0.650 bits per heavy atom. The van der Waals surface area contributed by atoms with E-state index in [0.29, 0.717) is 189 Å². The molecule has 1 saturated carbocycles. The maximum atomic E-state index is 15.1. The lowest BCUT2D eigenvalue weighted by Gasteiger charge is -2.42. The zero-order valence-electron chi connectivity index (χ0n) is 84.0. The van der Waals surface area contributed by atoms with Crippen LogP contribution in [0.2, 0.25) is 0 Å². The van der Waals surface area contributed by atoms with Crippen molar-refractivity contribution in [3.63, 3.8) is 0 Å². The number of cyclic esters (lactones) is 1. The first-order valence-electron chi connectivity index (χ1n) is 49.4. The molecular formula is C103H143F3N12O25. The SMILES string of the molecule is COc1ccc(-c2ccc3ncc4c(c3c2)n(-c2ccc(N3CCN(c5ncc(CNC(=O)CCOCCOCCOCCOCCOCCOCCOCCOCCNC(=O)O[C@@H]6CC[C@@H](C[C@@H](N)[C@@H]7CC(=O)[C@H](C)/C=C(\C)[C@@H](O)[C@@H](OC)C(=O)[C@H](C)C[C@H](C)/C=C/C=C/C=C(\C)[C@@H](OC)C[C@@H]8CC[C@@H](C)[C@@](O)(O8)C(=O)C(=O)N8CCCC[C@H]8C(=O)O7)C[C@H]6OC)cn5)CC3)c(C(F)(F)F)c2)c(=O)n4C)cn1. The normalized spacial score (nSPS) is 25.5. The number of benzene rings is 2. The summed E-state index contributed by atoms with van der Waals surface area (Å²) in [6, 6.07) is 10.8. The molecule has 143 heavy (non-hydrogen) atoms. The number of carbonyl (C=O) groups is 7. The quantitative estimate of drug-likeness (QED) is 0.0103. The van der Waals surface area contributed by atoms with Crippen molar-refractivity contribution in [2.24, 2.45) is 42.4 Å². The van der Waals surface area contributed by atoms with Gasteiger partial charge in [0.25, 0.3) is 11.7 Å². The number of ketones is 3. The maximum absolute atomic E-state index is 15.1. The van der Waals surface area contributed by atoms with Crippen LogP contribution < -0.4 is 36.6 Å². The third-order valence-corrected chi connectivity index (χ3v) is 26.8. The molecule has 2 aromatic carbocycles. The molecule has 5 aliphatic rings. The van der Waals surface area contributed by atoms with Crippen molar-refractivity contribution in [3.05, 3.63) is 143 Å². The molecule has 15 atom stereocenters. The number of hydrogen-bond acceptors (Lipinski definition) is 32. The minimum atomic E-state index is -4.76. The fraction of sp³-hybridized carbons (Fsp3) is 0.612. The lowest BCUT2D eigenvalue weighted by molar-refractivity contribution is -0.265. The molecule has 6 aromatic rings. The van der Waals surface area contributed by atoms with Crippen LogP contribution in [0.3, 0.4) is 0 Å². The van der Waals surface area contributed by atoms with E-state index in [-0.39, 0.29) is 126 Å². The van der Waals surface area contributed by atoms with Crippen molar-refractivity contribution < 1.29 is 128 Å². The molecule has 6 N–H and O–H groups in total. The predicted octanol–water partition coefficient (Wildman–Crippen LogP) is 9.84. The van der Waals surface area contributed by atoms with Crippen LogP contribution in [0, 0.1) is 29.6 Å². The van der Waals surface area contributed by atoms with Gasteiger partial charge < -0.3 is 112 Å². The summed E-state index contributed by atoms with van der Waals surface area (Å²) in [5.74, 6) is -8.17. The van der Waals surface area contributed by atoms with Crippen LogP contribution in [0.25, 0.3) is 38.8 Å². The number of alkyl carbamates (subject to hydrolysis) is 1. The van der Waals surface area contributed by atoms with Crippen LogP contribution in [-0.2, 0) is 115 Å². The summed E-state index contributed by atoms with van der Waals surface area (Å²) < 4.78 is 134. The molecule has 3 saturated heterocycles. The molecule has 8 heterocycles. The Hall–Kier alpha value is -10.4. The number of halogens is 3. The summed E-state index contributed by atoms with van der Waals surface area (Å²) in [6.45, 7) is 17.1. The number of aromatic nitrogens is 6. The molecule has 2 bridgehead atoms. The fourth-order valence-electron chi connectivity index (χ4n) is 18.5. The van der Waals surface area contributed by atoms with Crippen molar-refractivity contribution in [3.8, 4) is 22.7 Å². The van der Waals surface area contributed by atoms with E-state index < -0.39 is 125 Å². The number of allylic oxidation sites excluding steroid dienone is 6. The Bertz CT molecular complexity index is 5310. The predicted molar refractivity (Wildman–Crippen MR) is 524 cm³/mol. The van der Waals surface area contributed by atoms with Crippen molar-refractivity contribution in [2.75, 3.05) is 183 Å². The Balaban J connectivity index is 0.501. The number of nitrogens with two attached hydrogens (primary N) is 1. The number of esters is 1. The van der Waals surface area contributed by atoms with Crippen LogP contribution in [0.15, 0.2) is 126 Å². The maximum Gasteiger partial charge on any atom is 0.418 e. The van der Waals surface area contributed by atoms with Crippen LogP contribution in [0.4, 0.5) is 29.6 Å². The second kappa shape index (κ2) is 56.3. The summed E-state index contributed by atoms with van der Waals surface area (Å²) in [4.78, 5) is 134. The summed E-state index contributed by atoms with van der Waals surface area (Å²) >= 11 is 0. The number of Topliss-reactive ketones (excluding diaryl/α,β-unsaturated/α-hetero) is 3. The molecular weight excluding hydrogens is 1860 g/mol. The summed E-state index contributed by atoms with van der Waals surface area (Å²) in [7, 11) is 7.50. The van der Waals surface area contributed by atoms with Crippen molar-refractivity contribution in [1.29, 1.82) is 0 Å². The number of fused-ring (bicyclic) bond motifs is 6. The number of hydrogen-bond donors (Lipinski definition) is 5. The number of methoxy groups -OCH3 is 4. The average Bonchev–Trinajstić information content (AvgIpc) is 1.58. The Kier molecular flexibility index (Phi) is 44.5. The van der Waals surface area contributed by atoms with E-state index in [4.69, 9.17) is 76.8 Å². The first-order chi connectivity index (χ1) is 68.8. The second-order valence-electron chi connectivity index (χ2n) is 37.1. The Morgan fingerprint density at radius 3 is 1.92 bits per heavy atom. The van der Waals surface area contributed by atoms with E-state index >= 15 is 13.2 Å². The van der Waals surface area contributed by atoms with Crippen LogP contribution in [0.1, 0.15) is 136 Å². The number of carbonyl (C=O) groups excluding carboxylic acids is 7. The molecule has 4 fully saturated rings. The number of nitrogens with zero attached hydrogens (tertiary/aromatic N) is 9. The number of anilines is 2. The van der Waals surface area contributed by atoms with Crippen LogP contribution >= 0.6 is 0 Å². The van der Waals surface area contributed by atoms with Crippen LogP contribution in [-0.4, -0.2) is 319 Å². The number of aliphatic hydroxyl groups is 2. The number of ether oxygens (including phenoxy) is 15. The van der Waals surface area contributed by atoms with Gasteiger partial charge in [0.15, 0.2) is 5.78 Å². The monoisotopic (exact) mass is 2010 g/mol. The van der Waals surface area contributed by atoms with Gasteiger partial charge in [0, 0.05) is 164 Å². The van der Waals surface area contributed by atoms with Gasteiger partial charge >= 0.3 is 23.9 Å². The van der Waals surface area contributed by atoms with E-state index in [0.717, 1.165) is 27.7 Å². The first-order valence-corrected chi connectivity index (χ1v) is 49.4. The van der Waals surface area contributed by atoms with Crippen molar-refractivity contribution in [1.82, 2.24) is 44.6 Å². The minimum absolute atomic E-state index is 0.000547. The molecule has 37 nitrogen and oxygen atoms in total. The molecule has 1 aliphatic carbocycles.